The Balaban J connectivity index is 1.95. The number of morpholine rings is 1. The summed E-state index contributed by atoms with van der Waals surface area (Å²) in [6, 6.07) is 6.78. The molecule has 0 radical (unpaired) electrons. The van der Waals surface area contributed by atoms with Gasteiger partial charge in [0.15, 0.2) is 0 Å². The van der Waals surface area contributed by atoms with Crippen molar-refractivity contribution in [2.45, 2.75) is 19.9 Å². The monoisotopic (exact) mass is 334 g/mol. The van der Waals surface area contributed by atoms with Gasteiger partial charge in [-0.25, -0.2) is 0 Å². The van der Waals surface area contributed by atoms with Crippen molar-refractivity contribution in [3.63, 3.8) is 0 Å². The third kappa shape index (κ3) is 5.02. The number of hydrogen-bond donors (Lipinski definition) is 3. The van der Waals surface area contributed by atoms with Crippen LogP contribution in [0.2, 0.25) is 0 Å². The Labute approximate surface area is 142 Å². The SMILES string of the molecule is CC(C)CN[C@H](CN)C(=O)Nc1ccc(N2CCOCC2=O)cc1. The molecule has 24 heavy (non-hydrogen) atoms. The van der Waals surface area contributed by atoms with Crippen molar-refractivity contribution in [3.05, 3.63) is 24.3 Å². The Hall–Kier alpha value is -1.96. The number of nitrogens with two attached hydrogens (primary N) is 1. The Morgan fingerprint density at radius 2 is 2.04 bits per heavy atom. The van der Waals surface area contributed by atoms with Crippen LogP contribution in [-0.4, -0.2) is 50.7 Å². The average Bonchev–Trinajstić information content (AvgIpc) is 2.56. The van der Waals surface area contributed by atoms with E-state index in [9.17, 15) is 9.59 Å². The van der Waals surface area contributed by atoms with E-state index in [4.69, 9.17) is 10.5 Å². The number of carbonyl (C=O) groups is 2. The van der Waals surface area contributed by atoms with E-state index < -0.39 is 6.04 Å². The number of rotatable bonds is 7. The van der Waals surface area contributed by atoms with Crippen LogP contribution in [0.4, 0.5) is 11.4 Å². The summed E-state index contributed by atoms with van der Waals surface area (Å²) in [6.45, 7) is 6.29. The van der Waals surface area contributed by atoms with Gasteiger partial charge in [-0.2, -0.15) is 0 Å². The van der Waals surface area contributed by atoms with Gasteiger partial charge in [-0.15, -0.1) is 0 Å². The van der Waals surface area contributed by atoms with E-state index in [1.165, 1.54) is 0 Å². The summed E-state index contributed by atoms with van der Waals surface area (Å²) in [6.07, 6.45) is 0. The maximum atomic E-state index is 12.3. The highest BCUT2D eigenvalue weighted by Gasteiger charge is 2.20. The Bertz CT molecular complexity index is 559. The summed E-state index contributed by atoms with van der Waals surface area (Å²) in [5, 5.41) is 6.00. The van der Waals surface area contributed by atoms with Crippen LogP contribution in [0.15, 0.2) is 24.3 Å². The van der Waals surface area contributed by atoms with Crippen molar-refractivity contribution in [2.75, 3.05) is 43.1 Å². The standard InChI is InChI=1S/C17H26N4O3/c1-12(2)10-19-15(9-18)17(23)20-13-3-5-14(6-4-13)21-7-8-24-11-16(21)22/h3-6,12,15,19H,7-11,18H2,1-2H3,(H,20,23)/t15-/m1/s1. The number of hydrogen-bond acceptors (Lipinski definition) is 5. The molecule has 0 aliphatic carbocycles. The molecule has 0 unspecified atom stereocenters. The predicted octanol–water partition coefficient (Wildman–Crippen LogP) is 0.561. The number of amides is 2. The Kier molecular flexibility index (Phi) is 6.72. The van der Waals surface area contributed by atoms with Gasteiger partial charge in [-0.3, -0.25) is 9.59 Å². The minimum atomic E-state index is -0.423. The molecule has 4 N–H and O–H groups in total. The number of anilines is 2. The summed E-state index contributed by atoms with van der Waals surface area (Å²) in [5.41, 5.74) is 7.15. The lowest BCUT2D eigenvalue weighted by atomic mass is 10.2. The van der Waals surface area contributed by atoms with E-state index >= 15 is 0 Å². The van der Waals surface area contributed by atoms with Gasteiger partial charge in [0.2, 0.25) is 5.91 Å². The highest BCUT2D eigenvalue weighted by Crippen LogP contribution is 2.19. The highest BCUT2D eigenvalue weighted by molar-refractivity contribution is 5.97. The quantitative estimate of drug-likeness (QED) is 0.677. The van der Waals surface area contributed by atoms with Crippen molar-refractivity contribution < 1.29 is 14.3 Å². The smallest absolute Gasteiger partial charge is 0.253 e. The van der Waals surface area contributed by atoms with Gasteiger partial charge in [-0.1, -0.05) is 13.8 Å². The Morgan fingerprint density at radius 3 is 2.62 bits per heavy atom. The molecule has 132 valence electrons. The molecule has 2 rings (SSSR count). The lowest BCUT2D eigenvalue weighted by Gasteiger charge is -2.27. The molecule has 1 saturated heterocycles. The van der Waals surface area contributed by atoms with Crippen molar-refractivity contribution in [3.8, 4) is 0 Å². The molecule has 7 heteroatoms. The lowest BCUT2D eigenvalue weighted by Crippen LogP contribution is -2.46. The molecule has 0 aromatic heterocycles. The molecule has 7 nitrogen and oxygen atoms in total. The molecule has 0 spiro atoms. The first-order chi connectivity index (χ1) is 11.5. The zero-order valence-electron chi connectivity index (χ0n) is 14.2. The maximum absolute atomic E-state index is 12.3. The summed E-state index contributed by atoms with van der Waals surface area (Å²) in [5.74, 6) is 0.227. The normalized spacial score (nSPS) is 16.3. The van der Waals surface area contributed by atoms with Crippen LogP contribution in [0.3, 0.4) is 0 Å². The summed E-state index contributed by atoms with van der Waals surface area (Å²) < 4.78 is 5.12. The molecule has 1 aliphatic rings. The van der Waals surface area contributed by atoms with Gasteiger partial charge in [0.25, 0.3) is 5.91 Å². The van der Waals surface area contributed by atoms with Gasteiger partial charge >= 0.3 is 0 Å². The van der Waals surface area contributed by atoms with E-state index in [0.29, 0.717) is 24.8 Å². The van der Waals surface area contributed by atoms with E-state index in [1.54, 1.807) is 17.0 Å². The first-order valence-corrected chi connectivity index (χ1v) is 8.23. The van der Waals surface area contributed by atoms with Gasteiger partial charge < -0.3 is 26.0 Å². The molecule has 1 heterocycles. The number of ether oxygens (including phenoxy) is 1. The zero-order valence-corrected chi connectivity index (χ0v) is 14.2. The number of nitrogens with zero attached hydrogens (tertiary/aromatic N) is 1. The van der Waals surface area contributed by atoms with Gasteiger partial charge in [0.05, 0.1) is 12.6 Å². The third-order valence-electron chi connectivity index (χ3n) is 3.76. The van der Waals surface area contributed by atoms with Gasteiger partial charge in [0.1, 0.15) is 6.61 Å². The van der Waals surface area contributed by atoms with Crippen molar-refractivity contribution >= 4 is 23.2 Å². The fraction of sp³-hybridized carbons (Fsp3) is 0.529. The molecule has 0 bridgehead atoms. The summed E-state index contributed by atoms with van der Waals surface area (Å²) in [7, 11) is 0. The predicted molar refractivity (Wildman–Crippen MR) is 93.9 cm³/mol. The second-order valence-corrected chi connectivity index (χ2v) is 6.22. The van der Waals surface area contributed by atoms with Crippen LogP contribution in [-0.2, 0) is 14.3 Å². The molecule has 1 atom stereocenters. The second kappa shape index (κ2) is 8.77. The molecular weight excluding hydrogens is 308 g/mol. The van der Waals surface area contributed by atoms with Crippen molar-refractivity contribution in [2.24, 2.45) is 11.7 Å². The largest absolute Gasteiger partial charge is 0.370 e. The molecule has 2 amide bonds. The average molecular weight is 334 g/mol. The topological polar surface area (TPSA) is 96.7 Å². The fourth-order valence-corrected chi connectivity index (χ4v) is 2.41. The van der Waals surface area contributed by atoms with Crippen LogP contribution in [0.5, 0.6) is 0 Å². The van der Waals surface area contributed by atoms with Gasteiger partial charge in [-0.05, 0) is 36.7 Å². The van der Waals surface area contributed by atoms with Crippen molar-refractivity contribution in [1.82, 2.24) is 5.32 Å². The minimum absolute atomic E-state index is 0.0564. The highest BCUT2D eigenvalue weighted by atomic mass is 16.5. The summed E-state index contributed by atoms with van der Waals surface area (Å²) in [4.78, 5) is 25.8. The number of nitrogens with one attached hydrogen (secondary N) is 2. The molecular formula is C17H26N4O3. The first kappa shape index (κ1) is 18.4. The lowest BCUT2D eigenvalue weighted by molar-refractivity contribution is -0.125. The van der Waals surface area contributed by atoms with Crippen LogP contribution in [0, 0.1) is 5.92 Å². The number of carbonyl (C=O) groups excluding carboxylic acids is 2. The van der Waals surface area contributed by atoms with Crippen LogP contribution in [0.1, 0.15) is 13.8 Å². The fourth-order valence-electron chi connectivity index (χ4n) is 2.41. The molecule has 0 saturated carbocycles. The van der Waals surface area contributed by atoms with Crippen LogP contribution < -0.4 is 21.3 Å². The molecule has 1 aromatic rings. The van der Waals surface area contributed by atoms with E-state index in [0.717, 1.165) is 12.2 Å². The van der Waals surface area contributed by atoms with E-state index in [-0.39, 0.29) is 25.0 Å². The molecule has 1 aliphatic heterocycles. The molecule has 1 fully saturated rings. The second-order valence-electron chi connectivity index (χ2n) is 6.22. The molecule has 1 aromatic carbocycles. The van der Waals surface area contributed by atoms with Crippen LogP contribution >= 0.6 is 0 Å². The van der Waals surface area contributed by atoms with Gasteiger partial charge in [0, 0.05) is 24.5 Å². The zero-order chi connectivity index (χ0) is 17.5. The first-order valence-electron chi connectivity index (χ1n) is 8.23. The minimum Gasteiger partial charge on any atom is -0.370 e. The summed E-state index contributed by atoms with van der Waals surface area (Å²) >= 11 is 0. The van der Waals surface area contributed by atoms with Crippen LogP contribution in [0.25, 0.3) is 0 Å². The van der Waals surface area contributed by atoms with E-state index in [2.05, 4.69) is 24.5 Å². The van der Waals surface area contributed by atoms with E-state index in [1.807, 2.05) is 12.1 Å². The number of benzene rings is 1. The Morgan fingerprint density at radius 1 is 1.33 bits per heavy atom. The maximum Gasteiger partial charge on any atom is 0.253 e. The third-order valence-corrected chi connectivity index (χ3v) is 3.76. The van der Waals surface area contributed by atoms with Crippen molar-refractivity contribution in [1.29, 1.82) is 0 Å².